The van der Waals surface area contributed by atoms with Crippen LogP contribution in [0.15, 0.2) is 0 Å². The predicted molar refractivity (Wildman–Crippen MR) is 82.1 cm³/mol. The number of hydrogen-bond donors (Lipinski definition) is 6. The molecule has 0 bridgehead atoms. The number of nitrogens with two attached hydrogens (primary N) is 1. The van der Waals surface area contributed by atoms with Crippen LogP contribution in [0.4, 0.5) is 0 Å². The molecule has 0 aromatic rings. The van der Waals surface area contributed by atoms with Crippen LogP contribution in [0.1, 0.15) is 13.3 Å². The molecule has 0 saturated carbocycles. The van der Waals surface area contributed by atoms with E-state index in [0.29, 0.717) is 0 Å². The molecule has 0 aliphatic carbocycles. The summed E-state index contributed by atoms with van der Waals surface area (Å²) >= 11 is 0. The van der Waals surface area contributed by atoms with E-state index in [1.54, 1.807) is 0 Å². The molecule has 1 unspecified atom stereocenters. The zero-order chi connectivity index (χ0) is 20.9. The molecule has 1 heterocycles. The Morgan fingerprint density at radius 2 is 1.93 bits per heavy atom. The maximum atomic E-state index is 11.4. The number of hydrogen-bond acceptors (Lipinski definition) is 10. The molecular formula is C14H22N3NaO10. The Hall–Kier alpha value is -1.32. The van der Waals surface area contributed by atoms with Gasteiger partial charge < -0.3 is 51.1 Å². The summed E-state index contributed by atoms with van der Waals surface area (Å²) in [7, 11) is 0.966. The molecule has 0 aromatic heterocycles. The van der Waals surface area contributed by atoms with Crippen molar-refractivity contribution in [2.45, 2.75) is 49.6 Å². The quantitative estimate of drug-likeness (QED) is 0.170. The molecule has 154 valence electrons. The van der Waals surface area contributed by atoms with E-state index >= 15 is 0 Å². The smallest absolute Gasteiger partial charge is 0.544 e. The molecule has 1 aliphatic rings. The molecule has 13 nitrogen and oxygen atoms in total. The van der Waals surface area contributed by atoms with Gasteiger partial charge in [-0.25, -0.2) is 0 Å². The Kier molecular flexibility index (Phi) is 10.5. The van der Waals surface area contributed by atoms with E-state index in [4.69, 9.17) is 15.2 Å². The summed E-state index contributed by atoms with van der Waals surface area (Å²) in [4.78, 5) is 44.6. The molecular weight excluding hydrogens is 393 g/mol. The van der Waals surface area contributed by atoms with Crippen LogP contribution in [0.5, 0.6) is 0 Å². The number of carbonyl (C=O) groups is 4. The van der Waals surface area contributed by atoms with E-state index in [0.717, 1.165) is 14.0 Å². The summed E-state index contributed by atoms with van der Waals surface area (Å²) in [5.41, 5.74) is 4.73. The van der Waals surface area contributed by atoms with E-state index in [-0.39, 0.29) is 29.6 Å². The molecule has 0 spiro atoms. The Morgan fingerprint density at radius 3 is 2.36 bits per heavy atom. The van der Waals surface area contributed by atoms with Crippen molar-refractivity contribution in [1.82, 2.24) is 10.6 Å². The zero-order valence-corrected chi connectivity index (χ0v) is 17.6. The summed E-state index contributed by atoms with van der Waals surface area (Å²) < 4.78 is 10.0. The monoisotopic (exact) mass is 415 g/mol. The fourth-order valence-corrected chi connectivity index (χ4v) is 2.63. The Balaban J connectivity index is 0.00000729. The second kappa shape index (κ2) is 11.0. The molecule has 7 N–H and O–H groups in total. The maximum Gasteiger partial charge on any atom is 1.00 e. The molecule has 1 fully saturated rings. The second-order valence-electron chi connectivity index (χ2n) is 5.96. The summed E-state index contributed by atoms with van der Waals surface area (Å²) in [6, 6.07) is -1.32. The molecule has 3 amide bonds. The molecule has 6 atom stereocenters. The van der Waals surface area contributed by atoms with Gasteiger partial charge in [-0.3, -0.25) is 14.4 Å². The van der Waals surface area contributed by atoms with Crippen molar-refractivity contribution in [2.75, 3.05) is 13.7 Å². The summed E-state index contributed by atoms with van der Waals surface area (Å²) in [5.74, 6) is -7.48. The SMILES string of the molecule is COC1(C(=O)[O-])C[C@H](O)[C@@H](NC(C)=O)[C@H]([C@H](O)[C@H](O)CNC(=O)C(N)=O)O1.[Na+]. The van der Waals surface area contributed by atoms with Crippen molar-refractivity contribution in [1.29, 1.82) is 0 Å². The number of amides is 3. The fourth-order valence-electron chi connectivity index (χ4n) is 2.63. The molecule has 0 aromatic carbocycles. The van der Waals surface area contributed by atoms with Gasteiger partial charge in [0, 0.05) is 27.0 Å². The van der Waals surface area contributed by atoms with Gasteiger partial charge in [0.05, 0.1) is 18.2 Å². The van der Waals surface area contributed by atoms with Gasteiger partial charge in [-0.05, 0) is 0 Å². The third kappa shape index (κ3) is 6.35. The topological polar surface area (TPSA) is 221 Å². The van der Waals surface area contributed by atoms with Gasteiger partial charge in [0.15, 0.2) is 0 Å². The van der Waals surface area contributed by atoms with Crippen molar-refractivity contribution in [3.05, 3.63) is 0 Å². The van der Waals surface area contributed by atoms with Crippen molar-refractivity contribution in [2.24, 2.45) is 5.73 Å². The van der Waals surface area contributed by atoms with Gasteiger partial charge in [-0.1, -0.05) is 0 Å². The zero-order valence-electron chi connectivity index (χ0n) is 15.6. The van der Waals surface area contributed by atoms with Crippen molar-refractivity contribution < 1.29 is 78.6 Å². The number of carboxylic acids is 1. The normalized spacial score (nSPS) is 29.0. The number of aliphatic hydroxyl groups excluding tert-OH is 3. The Labute approximate surface area is 181 Å². The minimum absolute atomic E-state index is 0. The van der Waals surface area contributed by atoms with Crippen LogP contribution >= 0.6 is 0 Å². The molecule has 1 aliphatic heterocycles. The number of nitrogens with one attached hydrogen (secondary N) is 2. The standard InChI is InChI=1S/C14H23N3O10.Na/c1-5(18)17-8-6(19)3-14(26-2,13(24)25)27-10(8)9(21)7(20)4-16-12(23)11(15)22;/h6-10,19-21H,3-4H2,1-2H3,(H2,15,22)(H,16,23)(H,17,18)(H,24,25);/q;+1/p-1/t6-,7+,8+,9+,10+,14?;/m0./s1. The van der Waals surface area contributed by atoms with E-state index in [1.165, 1.54) is 0 Å². The number of rotatable bonds is 7. The van der Waals surface area contributed by atoms with Crippen molar-refractivity contribution in [3.63, 3.8) is 0 Å². The third-order valence-electron chi connectivity index (χ3n) is 4.01. The molecule has 14 heteroatoms. The van der Waals surface area contributed by atoms with Gasteiger partial charge in [0.25, 0.3) is 0 Å². The summed E-state index contributed by atoms with van der Waals surface area (Å²) in [6.07, 6.45) is -7.55. The van der Waals surface area contributed by atoms with Gasteiger partial charge >= 0.3 is 41.4 Å². The predicted octanol–water partition coefficient (Wildman–Crippen LogP) is -8.94. The number of methoxy groups -OCH3 is 1. The van der Waals surface area contributed by atoms with E-state index in [1.807, 2.05) is 5.32 Å². The van der Waals surface area contributed by atoms with Crippen molar-refractivity contribution >= 4 is 23.7 Å². The molecule has 28 heavy (non-hydrogen) atoms. The Morgan fingerprint density at radius 1 is 1.36 bits per heavy atom. The van der Waals surface area contributed by atoms with E-state index in [9.17, 15) is 39.6 Å². The first-order valence-corrected chi connectivity index (χ1v) is 7.78. The minimum Gasteiger partial charge on any atom is -0.544 e. The van der Waals surface area contributed by atoms with Crippen LogP contribution in [-0.2, 0) is 28.7 Å². The average molecular weight is 415 g/mol. The molecule has 1 saturated heterocycles. The van der Waals surface area contributed by atoms with Crippen LogP contribution in [-0.4, -0.2) is 88.9 Å². The third-order valence-corrected chi connectivity index (χ3v) is 4.01. The van der Waals surface area contributed by atoms with E-state index < -0.39 is 72.9 Å². The molecule has 0 radical (unpaired) electrons. The van der Waals surface area contributed by atoms with Crippen LogP contribution in [0.2, 0.25) is 0 Å². The van der Waals surface area contributed by atoms with Gasteiger partial charge in [0.2, 0.25) is 11.7 Å². The second-order valence-corrected chi connectivity index (χ2v) is 5.96. The largest absolute Gasteiger partial charge is 1.00 e. The van der Waals surface area contributed by atoms with Crippen LogP contribution in [0, 0.1) is 0 Å². The number of primary amides is 1. The van der Waals surface area contributed by atoms with Crippen molar-refractivity contribution in [3.8, 4) is 0 Å². The van der Waals surface area contributed by atoms with Crippen LogP contribution < -0.4 is 51.0 Å². The van der Waals surface area contributed by atoms with Crippen LogP contribution in [0.25, 0.3) is 0 Å². The first-order chi connectivity index (χ1) is 12.4. The summed E-state index contributed by atoms with van der Waals surface area (Å²) in [5, 5.41) is 46.2. The van der Waals surface area contributed by atoms with Crippen LogP contribution in [0.3, 0.4) is 0 Å². The van der Waals surface area contributed by atoms with Gasteiger partial charge in [0.1, 0.15) is 18.2 Å². The Bertz CT molecular complexity index is 606. The van der Waals surface area contributed by atoms with Gasteiger partial charge in [-0.15, -0.1) is 0 Å². The number of aliphatic hydroxyl groups is 3. The van der Waals surface area contributed by atoms with E-state index in [2.05, 4.69) is 5.32 Å². The summed E-state index contributed by atoms with van der Waals surface area (Å²) in [6.45, 7) is 0.452. The number of aliphatic carboxylic acids is 1. The first kappa shape index (κ1) is 26.7. The average Bonchev–Trinajstić information content (AvgIpc) is 2.59. The minimum atomic E-state index is -2.45. The number of ether oxygens (including phenoxy) is 2. The fraction of sp³-hybridized carbons (Fsp3) is 0.714. The maximum absolute atomic E-state index is 11.4. The first-order valence-electron chi connectivity index (χ1n) is 7.78. The van der Waals surface area contributed by atoms with Gasteiger partial charge in [-0.2, -0.15) is 0 Å². The number of carbonyl (C=O) groups excluding carboxylic acids is 4. The number of carboxylic acid groups (broad SMARTS) is 1. The molecule has 1 rings (SSSR count).